The number of piperazine rings is 1. The van der Waals surface area contributed by atoms with Gasteiger partial charge < -0.3 is 20.4 Å². The van der Waals surface area contributed by atoms with E-state index in [2.05, 4.69) is 31.4 Å². The van der Waals surface area contributed by atoms with Crippen molar-refractivity contribution in [3.8, 4) is 0 Å². The maximum absolute atomic E-state index is 13.3. The Morgan fingerprint density at radius 3 is 2.14 bits per heavy atom. The number of carbonyl (C=O) groups excluding carboxylic acids is 3. The SMILES string of the molecule is CCC(C)C(NC(=O)CC(C)CC(C)(C)C)C(=O)N1CCN(C(=O)Nc2cccc(C(F)(F)F)c2)CC1. The van der Waals surface area contributed by atoms with Crippen LogP contribution in [0.1, 0.15) is 66.4 Å². The van der Waals surface area contributed by atoms with Crippen molar-refractivity contribution in [2.24, 2.45) is 17.3 Å². The van der Waals surface area contributed by atoms with Gasteiger partial charge in [0.25, 0.3) is 0 Å². The van der Waals surface area contributed by atoms with Crippen LogP contribution in [0, 0.1) is 17.3 Å². The first kappa shape index (κ1) is 30.4. The van der Waals surface area contributed by atoms with Gasteiger partial charge in [-0.2, -0.15) is 13.2 Å². The molecule has 0 radical (unpaired) electrons. The Morgan fingerprint density at radius 2 is 1.59 bits per heavy atom. The van der Waals surface area contributed by atoms with Crippen LogP contribution in [0.25, 0.3) is 0 Å². The minimum atomic E-state index is -4.50. The fourth-order valence-corrected chi connectivity index (χ4v) is 4.65. The number of urea groups is 1. The second-order valence-electron chi connectivity index (χ2n) is 11.3. The number of hydrogen-bond donors (Lipinski definition) is 2. The molecule has 1 fully saturated rings. The zero-order chi connectivity index (χ0) is 28.0. The predicted octanol–water partition coefficient (Wildman–Crippen LogP) is 5.37. The van der Waals surface area contributed by atoms with Crippen LogP contribution in [0.15, 0.2) is 24.3 Å². The normalized spacial score (nSPS) is 17.1. The number of nitrogens with zero attached hydrogens (tertiary/aromatic N) is 2. The van der Waals surface area contributed by atoms with Gasteiger partial charge in [-0.3, -0.25) is 9.59 Å². The average molecular weight is 527 g/mol. The second-order valence-corrected chi connectivity index (χ2v) is 11.3. The van der Waals surface area contributed by atoms with Gasteiger partial charge in [-0.1, -0.05) is 54.0 Å². The van der Waals surface area contributed by atoms with Gasteiger partial charge in [0.05, 0.1) is 5.56 Å². The smallest absolute Gasteiger partial charge is 0.344 e. The third-order valence-corrected chi connectivity index (χ3v) is 6.61. The minimum absolute atomic E-state index is 0.0542. The molecule has 1 aromatic carbocycles. The first-order valence-electron chi connectivity index (χ1n) is 12.9. The van der Waals surface area contributed by atoms with Gasteiger partial charge in [0.1, 0.15) is 6.04 Å². The lowest BCUT2D eigenvalue weighted by atomic mass is 9.84. The van der Waals surface area contributed by atoms with Crippen molar-refractivity contribution in [1.29, 1.82) is 0 Å². The maximum atomic E-state index is 13.3. The van der Waals surface area contributed by atoms with Crippen LogP contribution < -0.4 is 10.6 Å². The zero-order valence-electron chi connectivity index (χ0n) is 22.7. The van der Waals surface area contributed by atoms with Gasteiger partial charge in [-0.25, -0.2) is 4.79 Å². The summed E-state index contributed by atoms with van der Waals surface area (Å²) in [5.41, 5.74) is -0.677. The van der Waals surface area contributed by atoms with E-state index in [1.165, 1.54) is 17.0 Å². The summed E-state index contributed by atoms with van der Waals surface area (Å²) in [4.78, 5) is 41.8. The third kappa shape index (κ3) is 9.55. The maximum Gasteiger partial charge on any atom is 0.416 e. The Kier molecular flexibility index (Phi) is 10.4. The molecule has 10 heteroatoms. The molecule has 1 heterocycles. The molecule has 1 aromatic rings. The van der Waals surface area contributed by atoms with Crippen LogP contribution in [0.3, 0.4) is 0 Å². The van der Waals surface area contributed by atoms with Crippen LogP contribution in [-0.4, -0.2) is 59.9 Å². The van der Waals surface area contributed by atoms with Crippen molar-refractivity contribution in [3.05, 3.63) is 29.8 Å². The van der Waals surface area contributed by atoms with Crippen LogP contribution in [0.2, 0.25) is 0 Å². The van der Waals surface area contributed by atoms with E-state index >= 15 is 0 Å². The van der Waals surface area contributed by atoms with Gasteiger partial charge in [-0.05, 0) is 41.9 Å². The Balaban J connectivity index is 1.95. The number of halogens is 3. The van der Waals surface area contributed by atoms with Crippen LogP contribution in [0.4, 0.5) is 23.7 Å². The number of carbonyl (C=O) groups is 3. The molecule has 7 nitrogen and oxygen atoms in total. The van der Waals surface area contributed by atoms with Crippen molar-refractivity contribution >= 4 is 23.5 Å². The van der Waals surface area contributed by atoms with Gasteiger partial charge in [0, 0.05) is 38.3 Å². The summed E-state index contributed by atoms with van der Waals surface area (Å²) in [6.07, 6.45) is -2.54. The monoisotopic (exact) mass is 526 g/mol. The van der Waals surface area contributed by atoms with Crippen molar-refractivity contribution in [3.63, 3.8) is 0 Å². The van der Waals surface area contributed by atoms with E-state index in [1.54, 1.807) is 4.90 Å². The number of nitrogens with one attached hydrogen (secondary N) is 2. The summed E-state index contributed by atoms with van der Waals surface area (Å²) >= 11 is 0. The predicted molar refractivity (Wildman–Crippen MR) is 138 cm³/mol. The van der Waals surface area contributed by atoms with Gasteiger partial charge in [-0.15, -0.1) is 0 Å². The molecule has 2 N–H and O–H groups in total. The van der Waals surface area contributed by atoms with Gasteiger partial charge >= 0.3 is 12.2 Å². The number of anilines is 1. The molecule has 0 spiro atoms. The highest BCUT2D eigenvalue weighted by Gasteiger charge is 2.34. The zero-order valence-corrected chi connectivity index (χ0v) is 22.7. The lowest BCUT2D eigenvalue weighted by molar-refractivity contribution is -0.139. The van der Waals surface area contributed by atoms with E-state index in [0.717, 1.165) is 18.6 Å². The average Bonchev–Trinajstić information content (AvgIpc) is 2.80. The van der Waals surface area contributed by atoms with E-state index in [4.69, 9.17) is 0 Å². The number of amides is 4. The lowest BCUT2D eigenvalue weighted by Crippen LogP contribution is -2.57. The molecule has 1 aliphatic rings. The topological polar surface area (TPSA) is 81.8 Å². The molecule has 3 atom stereocenters. The quantitative estimate of drug-likeness (QED) is 0.478. The summed E-state index contributed by atoms with van der Waals surface area (Å²) in [5.74, 6) is -0.193. The van der Waals surface area contributed by atoms with E-state index in [0.29, 0.717) is 12.8 Å². The molecule has 0 bridgehead atoms. The minimum Gasteiger partial charge on any atom is -0.344 e. The molecular weight excluding hydrogens is 485 g/mol. The number of rotatable bonds is 8. The van der Waals surface area contributed by atoms with Crippen LogP contribution in [0.5, 0.6) is 0 Å². The van der Waals surface area contributed by atoms with Crippen molar-refractivity contribution in [2.75, 3.05) is 31.5 Å². The highest BCUT2D eigenvalue weighted by atomic mass is 19.4. The van der Waals surface area contributed by atoms with E-state index in [9.17, 15) is 27.6 Å². The largest absolute Gasteiger partial charge is 0.416 e. The summed E-state index contributed by atoms with van der Waals surface area (Å²) in [6, 6.07) is 3.30. The van der Waals surface area contributed by atoms with Crippen molar-refractivity contribution in [2.45, 2.75) is 73.0 Å². The second kappa shape index (κ2) is 12.6. The number of benzene rings is 1. The molecule has 37 heavy (non-hydrogen) atoms. The van der Waals surface area contributed by atoms with E-state index < -0.39 is 23.8 Å². The summed E-state index contributed by atoms with van der Waals surface area (Å²) in [6.45, 7) is 13.4. The molecule has 1 aliphatic heterocycles. The molecule has 0 aromatic heterocycles. The number of alkyl halides is 3. The molecule has 208 valence electrons. The number of hydrogen-bond acceptors (Lipinski definition) is 3. The summed E-state index contributed by atoms with van der Waals surface area (Å²) in [5, 5.41) is 5.46. The Morgan fingerprint density at radius 1 is 1.00 bits per heavy atom. The highest BCUT2D eigenvalue weighted by Crippen LogP contribution is 2.31. The van der Waals surface area contributed by atoms with Gasteiger partial charge in [0.15, 0.2) is 0 Å². The Hall–Kier alpha value is -2.78. The molecule has 0 saturated carbocycles. The third-order valence-electron chi connectivity index (χ3n) is 6.61. The van der Waals surface area contributed by atoms with Crippen LogP contribution in [-0.2, 0) is 15.8 Å². The molecule has 2 rings (SSSR count). The molecule has 3 unspecified atom stereocenters. The standard InChI is InChI=1S/C27H41F3N4O3/c1-7-19(3)23(32-22(35)15-18(2)17-26(4,5)6)24(36)33-11-13-34(14-12-33)25(37)31-21-10-8-9-20(16-21)27(28,29)30/h8-10,16,18-19,23H,7,11-15,17H2,1-6H3,(H,31,37)(H,32,35). The molecule has 4 amide bonds. The summed E-state index contributed by atoms with van der Waals surface area (Å²) in [7, 11) is 0. The van der Waals surface area contributed by atoms with Crippen LogP contribution >= 0.6 is 0 Å². The van der Waals surface area contributed by atoms with E-state index in [-0.39, 0.29) is 60.9 Å². The molecule has 1 saturated heterocycles. The Labute approximate surface area is 218 Å². The summed E-state index contributed by atoms with van der Waals surface area (Å²) < 4.78 is 38.8. The fraction of sp³-hybridized carbons (Fsp3) is 0.667. The fourth-order valence-electron chi connectivity index (χ4n) is 4.65. The highest BCUT2D eigenvalue weighted by molar-refractivity contribution is 5.90. The molecular formula is C27H41F3N4O3. The van der Waals surface area contributed by atoms with Crippen molar-refractivity contribution < 1.29 is 27.6 Å². The van der Waals surface area contributed by atoms with Crippen molar-refractivity contribution in [1.82, 2.24) is 15.1 Å². The molecule has 0 aliphatic carbocycles. The first-order valence-corrected chi connectivity index (χ1v) is 12.9. The first-order chi connectivity index (χ1) is 17.1. The Bertz CT molecular complexity index is 938. The van der Waals surface area contributed by atoms with E-state index in [1.807, 2.05) is 20.8 Å². The lowest BCUT2D eigenvalue weighted by Gasteiger charge is -2.37. The van der Waals surface area contributed by atoms with Gasteiger partial charge in [0.2, 0.25) is 11.8 Å².